The summed E-state index contributed by atoms with van der Waals surface area (Å²) in [7, 11) is 0. The topological polar surface area (TPSA) is 123 Å². The highest BCUT2D eigenvalue weighted by atomic mass is 19.4. The van der Waals surface area contributed by atoms with Crippen molar-refractivity contribution < 1.29 is 36.6 Å². The van der Waals surface area contributed by atoms with Crippen LogP contribution in [-0.4, -0.2) is 59.3 Å². The molecule has 0 spiro atoms. The number of likely N-dealkylation sites (tertiary alicyclic amines) is 1. The number of morpholine rings is 1. The van der Waals surface area contributed by atoms with Crippen LogP contribution in [0, 0.1) is 5.82 Å². The van der Waals surface area contributed by atoms with Crippen LogP contribution in [0.2, 0.25) is 0 Å². The molecule has 196 valence electrons. The summed E-state index contributed by atoms with van der Waals surface area (Å²) < 4.78 is 61.7. The number of amides is 2. The number of carbonyl (C=O) groups is 2. The number of hydrogen-bond donors (Lipinski definition) is 3. The zero-order valence-electron chi connectivity index (χ0n) is 19.4. The Morgan fingerprint density at radius 3 is 2.62 bits per heavy atom. The number of anilines is 1. The van der Waals surface area contributed by atoms with Gasteiger partial charge in [-0.1, -0.05) is 0 Å². The van der Waals surface area contributed by atoms with Crippen molar-refractivity contribution in [1.29, 1.82) is 0 Å². The number of nitrogen functional groups attached to an aromatic ring is 1. The van der Waals surface area contributed by atoms with E-state index in [1.807, 2.05) is 0 Å². The highest BCUT2D eigenvalue weighted by molar-refractivity contribution is 5.99. The molecule has 1 aromatic carbocycles. The van der Waals surface area contributed by atoms with Crippen molar-refractivity contribution in [2.45, 2.75) is 31.2 Å². The quantitative estimate of drug-likeness (QED) is 0.357. The molecule has 13 heteroatoms. The number of H-pyrrole nitrogens is 1. The van der Waals surface area contributed by atoms with Crippen molar-refractivity contribution >= 4 is 28.5 Å². The molecule has 0 bridgehead atoms. The summed E-state index contributed by atoms with van der Waals surface area (Å²) in [5, 5.41) is 3.34. The van der Waals surface area contributed by atoms with Gasteiger partial charge in [0.05, 0.1) is 11.8 Å². The summed E-state index contributed by atoms with van der Waals surface area (Å²) in [6.07, 6.45) is -3.18. The van der Waals surface area contributed by atoms with E-state index in [2.05, 4.69) is 20.0 Å². The molecule has 5 rings (SSSR count). The van der Waals surface area contributed by atoms with Gasteiger partial charge >= 0.3 is 6.36 Å². The first kappa shape index (κ1) is 24.8. The number of carbonyl (C=O) groups excluding carboxylic acids is 2. The van der Waals surface area contributed by atoms with Crippen molar-refractivity contribution in [3.8, 4) is 5.75 Å². The average Bonchev–Trinajstić information content (AvgIpc) is 3.27. The number of rotatable bonds is 4. The third kappa shape index (κ3) is 5.17. The van der Waals surface area contributed by atoms with Gasteiger partial charge in [-0.3, -0.25) is 9.59 Å². The summed E-state index contributed by atoms with van der Waals surface area (Å²) in [5.74, 6) is -1.78. The Labute approximate surface area is 207 Å². The molecule has 2 aliphatic heterocycles. The number of hydrogen-bond acceptors (Lipinski definition) is 6. The van der Waals surface area contributed by atoms with Crippen LogP contribution in [0.5, 0.6) is 5.75 Å². The van der Waals surface area contributed by atoms with Gasteiger partial charge in [-0.05, 0) is 37.0 Å². The SMILES string of the molecule is Nc1cc(OC(F)(F)F)ccc1C(=O)N1CCC(c2c(F)cnc3[nH]c(C4CNC(=O)CO4)cc23)CC1. The predicted octanol–water partition coefficient (Wildman–Crippen LogP) is 3.39. The van der Waals surface area contributed by atoms with Crippen LogP contribution < -0.4 is 15.8 Å². The van der Waals surface area contributed by atoms with Gasteiger partial charge in [0.15, 0.2) is 0 Å². The third-order valence-corrected chi connectivity index (χ3v) is 6.60. The lowest BCUT2D eigenvalue weighted by Gasteiger charge is -2.33. The van der Waals surface area contributed by atoms with Gasteiger partial charge in [0.25, 0.3) is 5.91 Å². The number of aromatic amines is 1. The largest absolute Gasteiger partial charge is 0.573 e. The van der Waals surface area contributed by atoms with Crippen LogP contribution in [0.25, 0.3) is 11.0 Å². The zero-order chi connectivity index (χ0) is 26.3. The summed E-state index contributed by atoms with van der Waals surface area (Å²) in [5.41, 5.74) is 7.44. The Bertz CT molecular complexity index is 1340. The van der Waals surface area contributed by atoms with Crippen LogP contribution in [-0.2, 0) is 9.53 Å². The number of piperidine rings is 1. The first-order valence-electron chi connectivity index (χ1n) is 11.6. The van der Waals surface area contributed by atoms with Crippen LogP contribution in [0.4, 0.5) is 23.2 Å². The minimum Gasteiger partial charge on any atom is -0.406 e. The molecule has 2 aliphatic rings. The molecular formula is C24H23F4N5O4. The number of halogens is 4. The smallest absolute Gasteiger partial charge is 0.406 e. The minimum absolute atomic E-state index is 0.0657. The molecule has 37 heavy (non-hydrogen) atoms. The molecule has 0 saturated carbocycles. The van der Waals surface area contributed by atoms with Crippen molar-refractivity contribution in [1.82, 2.24) is 20.2 Å². The molecule has 4 heterocycles. The van der Waals surface area contributed by atoms with E-state index < -0.39 is 29.9 Å². The lowest BCUT2D eigenvalue weighted by molar-refractivity contribution is -0.274. The van der Waals surface area contributed by atoms with Gasteiger partial charge in [-0.15, -0.1) is 13.2 Å². The lowest BCUT2D eigenvalue weighted by atomic mass is 9.87. The molecule has 2 aromatic heterocycles. The second-order valence-electron chi connectivity index (χ2n) is 8.97. The van der Waals surface area contributed by atoms with Crippen molar-refractivity contribution in [2.75, 3.05) is 32.0 Å². The van der Waals surface area contributed by atoms with Crippen LogP contribution in [0.3, 0.4) is 0 Å². The highest BCUT2D eigenvalue weighted by Gasteiger charge is 2.32. The summed E-state index contributed by atoms with van der Waals surface area (Å²) in [4.78, 5) is 33.2. The molecule has 2 fully saturated rings. The number of nitrogens with two attached hydrogens (primary N) is 1. The predicted molar refractivity (Wildman–Crippen MR) is 123 cm³/mol. The molecule has 4 N–H and O–H groups in total. The highest BCUT2D eigenvalue weighted by Crippen LogP contribution is 2.36. The molecule has 2 amide bonds. The minimum atomic E-state index is -4.87. The van der Waals surface area contributed by atoms with E-state index in [9.17, 15) is 27.2 Å². The Kier molecular flexibility index (Phi) is 6.40. The maximum Gasteiger partial charge on any atom is 0.573 e. The van der Waals surface area contributed by atoms with E-state index >= 15 is 0 Å². The maximum atomic E-state index is 15.0. The van der Waals surface area contributed by atoms with Crippen molar-refractivity contribution in [2.24, 2.45) is 0 Å². The van der Waals surface area contributed by atoms with Gasteiger partial charge in [0.2, 0.25) is 5.91 Å². The fourth-order valence-corrected chi connectivity index (χ4v) is 4.85. The second kappa shape index (κ2) is 9.54. The monoisotopic (exact) mass is 521 g/mol. The van der Waals surface area contributed by atoms with Crippen LogP contribution >= 0.6 is 0 Å². The van der Waals surface area contributed by atoms with E-state index in [1.165, 1.54) is 6.07 Å². The molecule has 1 unspecified atom stereocenters. The Balaban J connectivity index is 1.30. The van der Waals surface area contributed by atoms with Crippen molar-refractivity contribution in [3.63, 3.8) is 0 Å². The standard InChI is InChI=1S/C24H23F4N5O4/c25-16-9-31-22-15(8-18(32-22)19-10-30-20(34)11-36-19)21(16)12-3-5-33(6-4-12)23(35)14-2-1-13(7-17(14)29)37-24(26,27)28/h1-2,7-9,12,19H,3-6,10-11,29H2,(H,30,34)(H,31,32). The van der Waals surface area contributed by atoms with Gasteiger partial charge in [-0.2, -0.15) is 0 Å². The van der Waals surface area contributed by atoms with E-state index in [-0.39, 0.29) is 36.2 Å². The summed E-state index contributed by atoms with van der Waals surface area (Å²) in [6.45, 7) is 0.838. The first-order valence-corrected chi connectivity index (χ1v) is 11.6. The van der Waals surface area contributed by atoms with E-state index in [4.69, 9.17) is 10.5 Å². The molecule has 0 radical (unpaired) electrons. The Morgan fingerprint density at radius 2 is 1.97 bits per heavy atom. The molecular weight excluding hydrogens is 498 g/mol. The number of fused-ring (bicyclic) bond motifs is 1. The fourth-order valence-electron chi connectivity index (χ4n) is 4.85. The molecule has 3 aromatic rings. The number of aromatic nitrogens is 2. The number of ether oxygens (including phenoxy) is 2. The molecule has 1 atom stereocenters. The van der Waals surface area contributed by atoms with Crippen molar-refractivity contribution in [3.05, 3.63) is 53.1 Å². The fraction of sp³-hybridized carbons (Fsp3) is 0.375. The van der Waals surface area contributed by atoms with Gasteiger partial charge in [0, 0.05) is 48.0 Å². The molecule has 0 aliphatic carbocycles. The lowest BCUT2D eigenvalue weighted by Crippen LogP contribution is -2.38. The third-order valence-electron chi connectivity index (χ3n) is 6.60. The molecule has 2 saturated heterocycles. The summed E-state index contributed by atoms with van der Waals surface area (Å²) >= 11 is 0. The van der Waals surface area contributed by atoms with Gasteiger partial charge in [-0.25, -0.2) is 9.37 Å². The van der Waals surface area contributed by atoms with E-state index in [0.29, 0.717) is 48.2 Å². The average molecular weight is 521 g/mol. The maximum absolute atomic E-state index is 15.0. The molecule has 9 nitrogen and oxygen atoms in total. The van der Waals surface area contributed by atoms with Crippen LogP contribution in [0.15, 0.2) is 30.5 Å². The first-order chi connectivity index (χ1) is 17.6. The summed E-state index contributed by atoms with van der Waals surface area (Å²) in [6, 6.07) is 4.99. The Morgan fingerprint density at radius 1 is 1.22 bits per heavy atom. The van der Waals surface area contributed by atoms with Gasteiger partial charge in [0.1, 0.15) is 29.9 Å². The number of nitrogens with one attached hydrogen (secondary N) is 2. The second-order valence-corrected chi connectivity index (χ2v) is 8.97. The van der Waals surface area contributed by atoms with E-state index in [1.54, 1.807) is 11.0 Å². The normalized spacial score (nSPS) is 19.2. The Hall–Kier alpha value is -3.87. The number of benzene rings is 1. The number of pyridine rings is 1. The number of nitrogens with zero attached hydrogens (tertiary/aromatic N) is 2. The van der Waals surface area contributed by atoms with Crippen LogP contribution in [0.1, 0.15) is 46.5 Å². The zero-order valence-corrected chi connectivity index (χ0v) is 19.4. The van der Waals surface area contributed by atoms with Gasteiger partial charge < -0.3 is 30.4 Å². The van der Waals surface area contributed by atoms with E-state index in [0.717, 1.165) is 18.3 Å². The number of alkyl halides is 3.